The molecule has 4 rings (SSSR count). The van der Waals surface area contributed by atoms with Gasteiger partial charge in [0.15, 0.2) is 0 Å². The molecule has 1 heterocycles. The second-order valence-corrected chi connectivity index (χ2v) is 9.74. The zero-order valence-electron chi connectivity index (χ0n) is 17.5. The van der Waals surface area contributed by atoms with E-state index in [2.05, 4.69) is 26.5 Å². The normalized spacial score (nSPS) is 19.5. The minimum atomic E-state index is -3.67. The number of hydrogen-bond acceptors (Lipinski definition) is 5. The molecule has 0 radical (unpaired) electrons. The molecular weight excluding hydrogens is 438 g/mol. The highest BCUT2D eigenvalue weighted by Gasteiger charge is 2.26. The minimum absolute atomic E-state index is 0.0751. The Hall–Kier alpha value is -2.33. The van der Waals surface area contributed by atoms with Crippen LogP contribution in [0.5, 0.6) is 5.75 Å². The summed E-state index contributed by atoms with van der Waals surface area (Å²) < 4.78 is 63.4. The van der Waals surface area contributed by atoms with Crippen molar-refractivity contribution in [1.82, 2.24) is 9.62 Å². The van der Waals surface area contributed by atoms with E-state index >= 15 is 0 Å². The van der Waals surface area contributed by atoms with Crippen LogP contribution in [0.1, 0.15) is 23.1 Å². The molecule has 1 unspecified atom stereocenters. The summed E-state index contributed by atoms with van der Waals surface area (Å²) in [6, 6.07) is 14.7. The number of hydrogen-bond donors (Lipinski definition) is 1. The zero-order valence-corrected chi connectivity index (χ0v) is 18.4. The van der Waals surface area contributed by atoms with Crippen molar-refractivity contribution in [2.24, 2.45) is 0 Å². The second-order valence-electron chi connectivity index (χ2n) is 7.92. The van der Waals surface area contributed by atoms with Gasteiger partial charge in [-0.1, -0.05) is 36.4 Å². The molecule has 1 N–H and O–H groups in total. The average molecular weight is 465 g/mol. The number of fused-ring (bicyclic) bond motifs is 1. The molecule has 9 heteroatoms. The standard InChI is InChI=1S/C23H26F2N2O4S/c24-23(25)31-20-8-6-19-13-22(9-7-18(19)12-20)32(28,29)26-14-21-16-27(10-11-30-21)15-17-4-2-1-3-5-17/h1-6,8,12-13,21,23,26H,7,9-11,14-16H2. The largest absolute Gasteiger partial charge is 0.435 e. The molecule has 1 aliphatic carbocycles. The van der Waals surface area contributed by atoms with Gasteiger partial charge in [0.05, 0.1) is 17.6 Å². The van der Waals surface area contributed by atoms with E-state index in [1.165, 1.54) is 17.7 Å². The van der Waals surface area contributed by atoms with Gasteiger partial charge in [-0.3, -0.25) is 4.90 Å². The van der Waals surface area contributed by atoms with E-state index in [0.717, 1.165) is 18.7 Å². The summed E-state index contributed by atoms with van der Waals surface area (Å²) in [5, 5.41) is 0. The summed E-state index contributed by atoms with van der Waals surface area (Å²) in [4.78, 5) is 2.54. The van der Waals surface area contributed by atoms with Crippen molar-refractivity contribution < 1.29 is 26.7 Å². The van der Waals surface area contributed by atoms with Crippen LogP contribution in [0.3, 0.4) is 0 Å². The first kappa shape index (κ1) is 22.8. The van der Waals surface area contributed by atoms with E-state index in [-0.39, 0.29) is 23.3 Å². The number of morpholine rings is 1. The molecule has 2 aromatic carbocycles. The first-order chi connectivity index (χ1) is 15.4. The number of sulfonamides is 1. The van der Waals surface area contributed by atoms with Gasteiger partial charge in [-0.05, 0) is 47.7 Å². The summed E-state index contributed by atoms with van der Waals surface area (Å²) >= 11 is 0. The molecule has 0 amide bonds. The summed E-state index contributed by atoms with van der Waals surface area (Å²) in [5.41, 5.74) is 2.69. The quantitative estimate of drug-likeness (QED) is 0.649. The summed E-state index contributed by atoms with van der Waals surface area (Å²) in [6.07, 6.45) is 2.10. The highest BCUT2D eigenvalue weighted by molar-refractivity contribution is 7.93. The predicted molar refractivity (Wildman–Crippen MR) is 118 cm³/mol. The van der Waals surface area contributed by atoms with Gasteiger partial charge in [-0.25, -0.2) is 13.1 Å². The van der Waals surface area contributed by atoms with Crippen molar-refractivity contribution in [1.29, 1.82) is 0 Å². The van der Waals surface area contributed by atoms with Crippen molar-refractivity contribution in [3.8, 4) is 5.75 Å². The van der Waals surface area contributed by atoms with Crippen molar-refractivity contribution in [2.45, 2.75) is 32.1 Å². The third-order valence-corrected chi connectivity index (χ3v) is 7.17. The Bertz CT molecular complexity index is 1060. The SMILES string of the molecule is O=S(=O)(NCC1CN(Cc2ccccc2)CCO1)C1=Cc2ccc(OC(F)F)cc2CC1. The van der Waals surface area contributed by atoms with Crippen molar-refractivity contribution in [2.75, 3.05) is 26.2 Å². The average Bonchev–Trinajstić information content (AvgIpc) is 2.78. The number of ether oxygens (including phenoxy) is 2. The molecule has 1 atom stereocenters. The topological polar surface area (TPSA) is 67.9 Å². The zero-order chi connectivity index (χ0) is 22.6. The molecule has 1 fully saturated rings. The first-order valence-corrected chi connectivity index (χ1v) is 12.0. The number of aryl methyl sites for hydroxylation is 1. The van der Waals surface area contributed by atoms with E-state index in [0.29, 0.717) is 31.6 Å². The van der Waals surface area contributed by atoms with E-state index < -0.39 is 16.6 Å². The molecule has 0 bridgehead atoms. The van der Waals surface area contributed by atoms with Crippen LogP contribution in [0, 0.1) is 0 Å². The van der Waals surface area contributed by atoms with E-state index in [9.17, 15) is 17.2 Å². The summed E-state index contributed by atoms with van der Waals surface area (Å²) in [6.45, 7) is 0.103. The van der Waals surface area contributed by atoms with Crippen LogP contribution >= 0.6 is 0 Å². The number of halogens is 2. The molecule has 2 aliphatic rings. The maximum absolute atomic E-state index is 12.9. The highest BCUT2D eigenvalue weighted by atomic mass is 32.2. The smallest absolute Gasteiger partial charge is 0.387 e. The Morgan fingerprint density at radius 1 is 1.16 bits per heavy atom. The van der Waals surface area contributed by atoms with E-state index in [4.69, 9.17) is 4.74 Å². The van der Waals surface area contributed by atoms with Crippen molar-refractivity contribution >= 4 is 16.1 Å². The number of nitrogens with zero attached hydrogens (tertiary/aromatic N) is 1. The van der Waals surface area contributed by atoms with Gasteiger partial charge in [0.1, 0.15) is 5.75 Å². The Morgan fingerprint density at radius 2 is 1.97 bits per heavy atom. The fourth-order valence-corrected chi connectivity index (χ4v) is 5.26. The Kier molecular flexibility index (Phi) is 7.20. The molecule has 0 spiro atoms. The van der Waals surface area contributed by atoms with Crippen LogP contribution in [-0.4, -0.2) is 52.3 Å². The molecule has 172 valence electrons. The van der Waals surface area contributed by atoms with Crippen molar-refractivity contribution in [3.05, 3.63) is 70.1 Å². The Labute approximate surface area is 186 Å². The fraction of sp³-hybridized carbons (Fsp3) is 0.391. The van der Waals surface area contributed by atoms with E-state index in [1.807, 2.05) is 18.2 Å². The minimum Gasteiger partial charge on any atom is -0.435 e. The van der Waals surface area contributed by atoms with Gasteiger partial charge >= 0.3 is 6.61 Å². The van der Waals surface area contributed by atoms with Crippen molar-refractivity contribution in [3.63, 3.8) is 0 Å². The lowest BCUT2D eigenvalue weighted by molar-refractivity contribution is -0.0498. The number of nitrogens with one attached hydrogen (secondary N) is 1. The highest BCUT2D eigenvalue weighted by Crippen LogP contribution is 2.30. The van der Waals surface area contributed by atoms with Crippen LogP contribution in [0.4, 0.5) is 8.78 Å². The molecular formula is C23H26F2N2O4S. The van der Waals surface area contributed by atoms with Crippen LogP contribution in [-0.2, 0) is 27.7 Å². The van der Waals surface area contributed by atoms with Gasteiger partial charge in [0, 0.05) is 26.2 Å². The molecule has 0 saturated carbocycles. The number of alkyl halides is 2. The maximum Gasteiger partial charge on any atom is 0.387 e. The lowest BCUT2D eigenvalue weighted by Crippen LogP contribution is -2.47. The third-order valence-electron chi connectivity index (χ3n) is 5.61. The molecule has 1 saturated heterocycles. The van der Waals surface area contributed by atoms with Crippen LogP contribution in [0.15, 0.2) is 53.4 Å². The third kappa shape index (κ3) is 5.92. The van der Waals surface area contributed by atoms with Crippen LogP contribution in [0.25, 0.3) is 6.08 Å². The number of allylic oxidation sites excluding steroid dienone is 1. The Balaban J connectivity index is 1.35. The van der Waals surface area contributed by atoms with Gasteiger partial charge in [-0.15, -0.1) is 0 Å². The summed E-state index contributed by atoms with van der Waals surface area (Å²) in [7, 11) is -3.67. The molecule has 1 aliphatic heterocycles. The van der Waals surface area contributed by atoms with Gasteiger partial charge in [0.25, 0.3) is 0 Å². The molecule has 32 heavy (non-hydrogen) atoms. The lowest BCUT2D eigenvalue weighted by Gasteiger charge is -2.33. The maximum atomic E-state index is 12.9. The van der Waals surface area contributed by atoms with Gasteiger partial charge in [0.2, 0.25) is 10.0 Å². The fourth-order valence-electron chi connectivity index (χ4n) is 4.02. The molecule has 0 aromatic heterocycles. The van der Waals surface area contributed by atoms with Gasteiger partial charge < -0.3 is 9.47 Å². The Morgan fingerprint density at radius 3 is 2.75 bits per heavy atom. The van der Waals surface area contributed by atoms with Crippen LogP contribution in [0.2, 0.25) is 0 Å². The second kappa shape index (κ2) is 10.1. The monoisotopic (exact) mass is 464 g/mol. The molecule has 6 nitrogen and oxygen atoms in total. The van der Waals surface area contributed by atoms with Gasteiger partial charge in [-0.2, -0.15) is 8.78 Å². The van der Waals surface area contributed by atoms with Crippen LogP contribution < -0.4 is 9.46 Å². The first-order valence-electron chi connectivity index (χ1n) is 10.5. The predicted octanol–water partition coefficient (Wildman–Crippen LogP) is 3.40. The van der Waals surface area contributed by atoms with E-state index in [1.54, 1.807) is 12.1 Å². The number of benzene rings is 2. The summed E-state index contributed by atoms with van der Waals surface area (Å²) in [5.74, 6) is 0.0751. The molecule has 2 aromatic rings. The lowest BCUT2D eigenvalue weighted by atomic mass is 9.97. The number of rotatable bonds is 8.